The number of nitriles is 1. The molecule has 0 aliphatic heterocycles. The molecular formula is C14H16N2. The zero-order valence-electron chi connectivity index (χ0n) is 10.2. The lowest BCUT2D eigenvalue weighted by molar-refractivity contribution is 0.673. The second kappa shape index (κ2) is 4.81. The van der Waals surface area contributed by atoms with Crippen molar-refractivity contribution >= 4 is 0 Å². The van der Waals surface area contributed by atoms with Crippen molar-refractivity contribution < 1.29 is 0 Å². The first kappa shape index (κ1) is 12.3. The molecule has 2 heteroatoms. The van der Waals surface area contributed by atoms with Gasteiger partial charge in [-0.2, -0.15) is 5.26 Å². The Labute approximate surface area is 97.3 Å². The number of hydrogen-bond acceptors (Lipinski definition) is 2. The van der Waals surface area contributed by atoms with Gasteiger partial charge in [0.05, 0.1) is 6.07 Å². The monoisotopic (exact) mass is 212 g/mol. The summed E-state index contributed by atoms with van der Waals surface area (Å²) in [5.41, 5.74) is 1.33. The van der Waals surface area contributed by atoms with Crippen LogP contribution in [0.25, 0.3) is 0 Å². The van der Waals surface area contributed by atoms with Crippen LogP contribution in [0, 0.1) is 28.6 Å². The number of aromatic nitrogens is 1. The predicted octanol–water partition coefficient (Wildman–Crippen LogP) is 3.11. The maximum absolute atomic E-state index is 8.84. The molecule has 0 saturated carbocycles. The van der Waals surface area contributed by atoms with Crippen LogP contribution >= 0.6 is 0 Å². The fraction of sp³-hybridized carbons (Fsp3) is 0.429. The van der Waals surface area contributed by atoms with Crippen LogP contribution in [0.2, 0.25) is 0 Å². The molecule has 0 bridgehead atoms. The molecule has 82 valence electrons. The van der Waals surface area contributed by atoms with E-state index in [1.54, 1.807) is 20.0 Å². The Kier molecular flexibility index (Phi) is 3.69. The lowest BCUT2D eigenvalue weighted by Gasteiger charge is -2.05. The van der Waals surface area contributed by atoms with Crippen LogP contribution in [0.3, 0.4) is 0 Å². The standard InChI is InChI=1S/C14H16N2/c1-11(2)12-6-8-16-13(9-12)5-7-14(3,4)10-15/h6,8-9,11H,1-4H3. The van der Waals surface area contributed by atoms with Crippen molar-refractivity contribution in [1.29, 1.82) is 5.26 Å². The number of hydrogen-bond donors (Lipinski definition) is 0. The van der Waals surface area contributed by atoms with Gasteiger partial charge in [0, 0.05) is 6.20 Å². The average Bonchev–Trinajstić information content (AvgIpc) is 2.27. The van der Waals surface area contributed by atoms with Gasteiger partial charge in [0.15, 0.2) is 0 Å². The first-order chi connectivity index (χ1) is 7.44. The third-order valence-corrected chi connectivity index (χ3v) is 2.23. The highest BCUT2D eigenvalue weighted by Crippen LogP contribution is 2.14. The molecule has 1 aromatic rings. The number of rotatable bonds is 1. The summed E-state index contributed by atoms with van der Waals surface area (Å²) in [5, 5.41) is 8.84. The molecule has 0 fully saturated rings. The Bertz CT molecular complexity index is 467. The van der Waals surface area contributed by atoms with Crippen LogP contribution in [-0.2, 0) is 0 Å². The summed E-state index contributed by atoms with van der Waals surface area (Å²) >= 11 is 0. The molecule has 0 atom stereocenters. The first-order valence-corrected chi connectivity index (χ1v) is 5.35. The van der Waals surface area contributed by atoms with Crippen LogP contribution < -0.4 is 0 Å². The molecule has 0 aliphatic rings. The molecule has 0 spiro atoms. The minimum Gasteiger partial charge on any atom is -0.248 e. The smallest absolute Gasteiger partial charge is 0.113 e. The normalized spacial score (nSPS) is 10.5. The number of pyridine rings is 1. The van der Waals surface area contributed by atoms with E-state index in [-0.39, 0.29) is 0 Å². The van der Waals surface area contributed by atoms with E-state index in [1.807, 2.05) is 12.1 Å². The summed E-state index contributed by atoms with van der Waals surface area (Å²) in [4.78, 5) is 4.18. The SMILES string of the molecule is CC(C)c1ccnc(C#CC(C)(C)C#N)c1. The van der Waals surface area contributed by atoms with E-state index >= 15 is 0 Å². The first-order valence-electron chi connectivity index (χ1n) is 5.35. The van der Waals surface area contributed by atoms with Gasteiger partial charge in [0.2, 0.25) is 0 Å². The Morgan fingerprint density at radius 3 is 2.62 bits per heavy atom. The molecule has 0 N–H and O–H groups in total. The summed E-state index contributed by atoms with van der Waals surface area (Å²) in [7, 11) is 0. The third-order valence-electron chi connectivity index (χ3n) is 2.23. The molecule has 1 heterocycles. The third kappa shape index (κ3) is 3.41. The zero-order chi connectivity index (χ0) is 12.2. The fourth-order valence-electron chi connectivity index (χ4n) is 1.12. The van der Waals surface area contributed by atoms with E-state index in [0.29, 0.717) is 5.92 Å². The van der Waals surface area contributed by atoms with Gasteiger partial charge in [-0.3, -0.25) is 0 Å². The van der Waals surface area contributed by atoms with Crippen molar-refractivity contribution in [3.8, 4) is 17.9 Å². The van der Waals surface area contributed by atoms with E-state index in [2.05, 4.69) is 36.7 Å². The van der Waals surface area contributed by atoms with Crippen molar-refractivity contribution in [3.63, 3.8) is 0 Å². The molecule has 0 aromatic carbocycles. The molecule has 1 aromatic heterocycles. The van der Waals surface area contributed by atoms with Crippen LogP contribution in [-0.4, -0.2) is 4.98 Å². The van der Waals surface area contributed by atoms with Crippen LogP contribution in [0.5, 0.6) is 0 Å². The Morgan fingerprint density at radius 1 is 1.38 bits per heavy atom. The Hall–Kier alpha value is -1.80. The van der Waals surface area contributed by atoms with E-state index in [0.717, 1.165) is 5.69 Å². The van der Waals surface area contributed by atoms with E-state index in [9.17, 15) is 0 Å². The van der Waals surface area contributed by atoms with Gasteiger partial charge in [-0.1, -0.05) is 19.8 Å². The highest BCUT2D eigenvalue weighted by molar-refractivity contribution is 5.34. The molecule has 1 rings (SSSR count). The van der Waals surface area contributed by atoms with Crippen molar-refractivity contribution in [2.24, 2.45) is 5.41 Å². The van der Waals surface area contributed by atoms with Crippen LogP contribution in [0.1, 0.15) is 44.9 Å². The molecule has 16 heavy (non-hydrogen) atoms. The van der Waals surface area contributed by atoms with Crippen molar-refractivity contribution in [3.05, 3.63) is 29.6 Å². The molecule has 0 aliphatic carbocycles. The van der Waals surface area contributed by atoms with Crippen molar-refractivity contribution in [1.82, 2.24) is 4.98 Å². The van der Waals surface area contributed by atoms with E-state index in [1.165, 1.54) is 5.56 Å². The fourth-order valence-corrected chi connectivity index (χ4v) is 1.12. The molecule has 0 radical (unpaired) electrons. The quantitative estimate of drug-likeness (QED) is 0.671. The van der Waals surface area contributed by atoms with Gasteiger partial charge in [0.25, 0.3) is 0 Å². The molecule has 0 amide bonds. The van der Waals surface area contributed by atoms with Gasteiger partial charge in [0.1, 0.15) is 11.1 Å². The summed E-state index contributed by atoms with van der Waals surface area (Å²) in [6, 6.07) is 6.12. The Balaban J connectivity index is 2.99. The van der Waals surface area contributed by atoms with E-state index < -0.39 is 5.41 Å². The second-order valence-corrected chi connectivity index (χ2v) is 4.62. The summed E-state index contributed by atoms with van der Waals surface area (Å²) < 4.78 is 0. The highest BCUT2D eigenvalue weighted by Gasteiger charge is 2.11. The molecule has 0 saturated heterocycles. The van der Waals surface area contributed by atoms with Crippen molar-refractivity contribution in [2.75, 3.05) is 0 Å². The van der Waals surface area contributed by atoms with Crippen LogP contribution in [0.4, 0.5) is 0 Å². The summed E-state index contributed by atoms with van der Waals surface area (Å²) in [5.74, 6) is 6.33. The largest absolute Gasteiger partial charge is 0.248 e. The highest BCUT2D eigenvalue weighted by atomic mass is 14.7. The van der Waals surface area contributed by atoms with Gasteiger partial charge >= 0.3 is 0 Å². The molecular weight excluding hydrogens is 196 g/mol. The van der Waals surface area contributed by atoms with Gasteiger partial charge in [-0.25, -0.2) is 4.98 Å². The van der Waals surface area contributed by atoms with Gasteiger partial charge < -0.3 is 0 Å². The Morgan fingerprint density at radius 2 is 2.06 bits per heavy atom. The topological polar surface area (TPSA) is 36.7 Å². The molecule has 2 nitrogen and oxygen atoms in total. The average molecular weight is 212 g/mol. The second-order valence-electron chi connectivity index (χ2n) is 4.62. The summed E-state index contributed by atoms with van der Waals surface area (Å²) in [6.45, 7) is 7.86. The van der Waals surface area contributed by atoms with Crippen molar-refractivity contribution in [2.45, 2.75) is 33.6 Å². The maximum atomic E-state index is 8.84. The van der Waals surface area contributed by atoms with Crippen LogP contribution in [0.15, 0.2) is 18.3 Å². The lowest BCUT2D eigenvalue weighted by atomic mass is 9.96. The maximum Gasteiger partial charge on any atom is 0.113 e. The molecule has 0 unspecified atom stereocenters. The van der Waals surface area contributed by atoms with Gasteiger partial charge in [-0.05, 0) is 43.4 Å². The van der Waals surface area contributed by atoms with E-state index in [4.69, 9.17) is 5.26 Å². The zero-order valence-corrected chi connectivity index (χ0v) is 10.2. The minimum absolute atomic E-state index is 0.465. The lowest BCUT2D eigenvalue weighted by Crippen LogP contribution is -2.03. The predicted molar refractivity (Wildman–Crippen MR) is 64.6 cm³/mol. The minimum atomic E-state index is -0.616. The van der Waals surface area contributed by atoms with Gasteiger partial charge in [-0.15, -0.1) is 0 Å². The number of nitrogens with zero attached hydrogens (tertiary/aromatic N) is 2. The summed E-state index contributed by atoms with van der Waals surface area (Å²) in [6.07, 6.45) is 1.76.